The molecule has 1 fully saturated rings. The molecule has 2 aromatic carbocycles. The number of amidine groups is 1. The van der Waals surface area contributed by atoms with Crippen molar-refractivity contribution < 1.29 is 24.5 Å². The van der Waals surface area contributed by atoms with Crippen molar-refractivity contribution in [3.63, 3.8) is 0 Å². The fraction of sp³-hybridized carbons (Fsp3) is 0.400. The molecule has 1 atom stereocenters. The van der Waals surface area contributed by atoms with E-state index in [0.29, 0.717) is 26.2 Å². The lowest BCUT2D eigenvalue weighted by Gasteiger charge is -2.42. The van der Waals surface area contributed by atoms with Crippen molar-refractivity contribution >= 4 is 35.2 Å². The summed E-state index contributed by atoms with van der Waals surface area (Å²) >= 11 is 1.71. The number of para-hydroxylation sites is 1. The van der Waals surface area contributed by atoms with Gasteiger partial charge in [0.2, 0.25) is 5.91 Å². The normalized spacial score (nSPS) is 17.7. The number of piperazine rings is 1. The molecule has 1 saturated heterocycles. The van der Waals surface area contributed by atoms with Crippen molar-refractivity contribution in [1.82, 2.24) is 15.1 Å². The van der Waals surface area contributed by atoms with Gasteiger partial charge in [0.25, 0.3) is 0 Å². The van der Waals surface area contributed by atoms with Crippen molar-refractivity contribution in [2.45, 2.75) is 22.3 Å². The number of aliphatic carboxylic acids is 1. The lowest BCUT2D eigenvalue weighted by atomic mass is 10.1. The SMILES string of the molecule is O=C(O)CC(=O)NCC1CN(C2=Nc3ccccc3Sc3ccccc32)CCN1CCOCCO. The topological polar surface area (TPSA) is 115 Å². The molecule has 2 aliphatic heterocycles. The van der Waals surface area contributed by atoms with Crippen LogP contribution < -0.4 is 5.32 Å². The summed E-state index contributed by atoms with van der Waals surface area (Å²) in [5, 5.41) is 20.7. The third kappa shape index (κ3) is 6.61. The number of aliphatic imine (C=N–C) groups is 1. The Bertz CT molecular complexity index is 1080. The van der Waals surface area contributed by atoms with Crippen molar-refractivity contribution in [1.29, 1.82) is 0 Å². The van der Waals surface area contributed by atoms with E-state index in [1.807, 2.05) is 30.3 Å². The molecule has 0 aromatic heterocycles. The second kappa shape index (κ2) is 12.2. The van der Waals surface area contributed by atoms with Gasteiger partial charge in [-0.25, -0.2) is 4.99 Å². The number of benzene rings is 2. The summed E-state index contributed by atoms with van der Waals surface area (Å²) in [6, 6.07) is 16.3. The van der Waals surface area contributed by atoms with Gasteiger partial charge in [0.1, 0.15) is 12.3 Å². The van der Waals surface area contributed by atoms with Gasteiger partial charge in [-0.05, 0) is 18.2 Å². The molecule has 1 unspecified atom stereocenters. The van der Waals surface area contributed by atoms with Crippen LogP contribution in [0, 0.1) is 0 Å². The Labute approximate surface area is 208 Å². The van der Waals surface area contributed by atoms with E-state index in [0.717, 1.165) is 40.0 Å². The average molecular weight is 499 g/mol. The van der Waals surface area contributed by atoms with E-state index < -0.39 is 18.3 Å². The van der Waals surface area contributed by atoms with Crippen LogP contribution in [0.5, 0.6) is 0 Å². The Balaban J connectivity index is 1.56. The highest BCUT2D eigenvalue weighted by Crippen LogP contribution is 2.40. The number of rotatable bonds is 9. The largest absolute Gasteiger partial charge is 0.481 e. The van der Waals surface area contributed by atoms with Crippen LogP contribution in [0.4, 0.5) is 5.69 Å². The molecule has 0 radical (unpaired) electrons. The van der Waals surface area contributed by atoms with Crippen LogP contribution in [0.25, 0.3) is 0 Å². The van der Waals surface area contributed by atoms with Gasteiger partial charge >= 0.3 is 5.97 Å². The first-order chi connectivity index (χ1) is 17.0. The molecule has 0 bridgehead atoms. The molecule has 4 rings (SSSR count). The number of fused-ring (bicyclic) bond motifs is 2. The van der Waals surface area contributed by atoms with Gasteiger partial charge in [-0.1, -0.05) is 42.1 Å². The van der Waals surface area contributed by atoms with Gasteiger partial charge in [-0.15, -0.1) is 0 Å². The Morgan fingerprint density at radius 1 is 1.09 bits per heavy atom. The van der Waals surface area contributed by atoms with Crippen LogP contribution in [0.3, 0.4) is 0 Å². The maximum atomic E-state index is 12.0. The number of amides is 1. The predicted octanol–water partition coefficient (Wildman–Crippen LogP) is 1.82. The van der Waals surface area contributed by atoms with Crippen molar-refractivity contribution in [3.05, 3.63) is 54.1 Å². The summed E-state index contributed by atoms with van der Waals surface area (Å²) in [5.41, 5.74) is 2.00. The van der Waals surface area contributed by atoms with E-state index in [9.17, 15) is 9.59 Å². The highest BCUT2D eigenvalue weighted by Gasteiger charge is 2.31. The predicted molar refractivity (Wildman–Crippen MR) is 133 cm³/mol. The molecule has 2 heterocycles. The van der Waals surface area contributed by atoms with Gasteiger partial charge in [-0.2, -0.15) is 0 Å². The second-order valence-electron chi connectivity index (χ2n) is 8.35. The summed E-state index contributed by atoms with van der Waals surface area (Å²) in [6.07, 6.45) is -0.551. The lowest BCUT2D eigenvalue weighted by molar-refractivity contribution is -0.140. The molecule has 0 aliphatic carbocycles. The number of carboxylic acid groups (broad SMARTS) is 1. The first kappa shape index (κ1) is 25.2. The number of hydrogen-bond donors (Lipinski definition) is 3. The maximum absolute atomic E-state index is 12.0. The molecule has 186 valence electrons. The Morgan fingerprint density at radius 3 is 2.66 bits per heavy atom. The molecule has 0 saturated carbocycles. The highest BCUT2D eigenvalue weighted by molar-refractivity contribution is 7.99. The summed E-state index contributed by atoms with van der Waals surface area (Å²) in [5.74, 6) is -0.757. The Hall–Kier alpha value is -2.92. The van der Waals surface area contributed by atoms with Crippen LogP contribution in [0.2, 0.25) is 0 Å². The van der Waals surface area contributed by atoms with E-state index in [1.54, 1.807) is 11.8 Å². The summed E-state index contributed by atoms with van der Waals surface area (Å²) in [6.45, 7) is 3.79. The smallest absolute Gasteiger partial charge is 0.312 e. The number of nitrogens with one attached hydrogen (secondary N) is 1. The standard InChI is InChI=1S/C25H30N4O5S/c30-12-14-34-13-11-28-9-10-29(17-18(28)16-26-23(31)15-24(32)33)25-19-5-1-3-7-21(19)35-22-8-4-2-6-20(22)27-25/h1-8,18,30H,9-17H2,(H,26,31)(H,32,33). The number of hydrogen-bond acceptors (Lipinski definition) is 8. The number of aliphatic hydroxyl groups excluding tert-OH is 1. The average Bonchev–Trinajstić information content (AvgIpc) is 3.02. The summed E-state index contributed by atoms with van der Waals surface area (Å²) < 4.78 is 5.46. The Morgan fingerprint density at radius 2 is 1.86 bits per heavy atom. The van der Waals surface area contributed by atoms with E-state index in [-0.39, 0.29) is 19.3 Å². The minimum absolute atomic E-state index is 0.0266. The minimum Gasteiger partial charge on any atom is -0.481 e. The molecule has 35 heavy (non-hydrogen) atoms. The molecule has 10 heteroatoms. The third-order valence-corrected chi connectivity index (χ3v) is 7.09. The first-order valence-electron chi connectivity index (χ1n) is 11.7. The number of carbonyl (C=O) groups is 2. The molecule has 1 amide bonds. The fourth-order valence-corrected chi connectivity index (χ4v) is 5.28. The zero-order valence-corrected chi connectivity index (χ0v) is 20.2. The van der Waals surface area contributed by atoms with Gasteiger partial charge < -0.3 is 25.2 Å². The number of aliphatic hydroxyl groups is 1. The molecule has 0 spiro atoms. The van der Waals surface area contributed by atoms with Gasteiger partial charge in [-0.3, -0.25) is 14.5 Å². The molecule has 2 aromatic rings. The van der Waals surface area contributed by atoms with Crippen LogP contribution >= 0.6 is 11.8 Å². The quantitative estimate of drug-likeness (QED) is 0.354. The number of carboxylic acids is 1. The molecule has 9 nitrogen and oxygen atoms in total. The maximum Gasteiger partial charge on any atom is 0.312 e. The monoisotopic (exact) mass is 498 g/mol. The van der Waals surface area contributed by atoms with E-state index in [2.05, 4.69) is 33.3 Å². The lowest BCUT2D eigenvalue weighted by Crippen LogP contribution is -2.59. The van der Waals surface area contributed by atoms with E-state index in [1.165, 1.54) is 0 Å². The van der Waals surface area contributed by atoms with Gasteiger partial charge in [0.05, 0.1) is 25.5 Å². The van der Waals surface area contributed by atoms with Crippen molar-refractivity contribution in [2.75, 3.05) is 52.5 Å². The minimum atomic E-state index is -1.15. The molecular formula is C25H30N4O5S. The zero-order valence-electron chi connectivity index (χ0n) is 19.4. The highest BCUT2D eigenvalue weighted by atomic mass is 32.2. The zero-order chi connectivity index (χ0) is 24.6. The summed E-state index contributed by atoms with van der Waals surface area (Å²) in [7, 11) is 0. The number of carbonyl (C=O) groups excluding carboxylic acids is 1. The van der Waals surface area contributed by atoms with Crippen LogP contribution in [0.15, 0.2) is 63.3 Å². The summed E-state index contributed by atoms with van der Waals surface area (Å²) in [4.78, 5) is 34.7. The molecule has 2 aliphatic rings. The fourth-order valence-electron chi connectivity index (χ4n) is 4.26. The van der Waals surface area contributed by atoms with Crippen LogP contribution in [0.1, 0.15) is 12.0 Å². The van der Waals surface area contributed by atoms with Gasteiger partial charge in [0, 0.05) is 54.1 Å². The van der Waals surface area contributed by atoms with Gasteiger partial charge in [0.15, 0.2) is 0 Å². The van der Waals surface area contributed by atoms with E-state index >= 15 is 0 Å². The first-order valence-corrected chi connectivity index (χ1v) is 12.5. The third-order valence-electron chi connectivity index (χ3n) is 5.95. The second-order valence-corrected chi connectivity index (χ2v) is 9.43. The van der Waals surface area contributed by atoms with Crippen molar-refractivity contribution in [3.8, 4) is 0 Å². The molecule has 3 N–H and O–H groups in total. The van der Waals surface area contributed by atoms with Crippen molar-refractivity contribution in [2.24, 2.45) is 4.99 Å². The number of ether oxygens (including phenoxy) is 1. The van der Waals surface area contributed by atoms with Crippen LogP contribution in [-0.4, -0.2) is 96.3 Å². The Kier molecular flexibility index (Phi) is 8.75. The molecular weight excluding hydrogens is 468 g/mol. The van der Waals surface area contributed by atoms with E-state index in [4.69, 9.17) is 19.9 Å². The van der Waals surface area contributed by atoms with Crippen LogP contribution in [-0.2, 0) is 14.3 Å². The number of nitrogens with zero attached hydrogens (tertiary/aromatic N) is 3.